The molecule has 0 saturated carbocycles. The average molecular weight is 574 g/mol. The van der Waals surface area contributed by atoms with E-state index in [9.17, 15) is 14.4 Å². The number of aromatic amines is 1. The highest BCUT2D eigenvalue weighted by Gasteiger charge is 2.47. The van der Waals surface area contributed by atoms with Gasteiger partial charge in [-0.15, -0.1) is 0 Å². The Morgan fingerprint density at radius 1 is 1.19 bits per heavy atom. The fourth-order valence-corrected chi connectivity index (χ4v) is 4.94. The molecule has 0 unspecified atom stereocenters. The molecule has 4 rings (SSSR count). The summed E-state index contributed by atoms with van der Waals surface area (Å²) in [5, 5.41) is 5.07. The quantitative estimate of drug-likeness (QED) is 0.195. The van der Waals surface area contributed by atoms with Gasteiger partial charge in [0.2, 0.25) is 11.1 Å². The molecule has 36 heavy (non-hydrogen) atoms. The highest BCUT2D eigenvalue weighted by Crippen LogP contribution is 2.44. The number of nitrogens with zero attached hydrogens (tertiary/aromatic N) is 3. The van der Waals surface area contributed by atoms with Crippen LogP contribution in [0.5, 0.6) is 11.5 Å². The molecule has 2 heterocycles. The largest absolute Gasteiger partial charge is 0.490 e. The van der Waals surface area contributed by atoms with Crippen LogP contribution in [0.2, 0.25) is 0 Å². The maximum atomic E-state index is 13.5. The van der Waals surface area contributed by atoms with Gasteiger partial charge >= 0.3 is 17.2 Å². The van der Waals surface area contributed by atoms with Gasteiger partial charge in [-0.05, 0) is 42.1 Å². The second-order valence-corrected chi connectivity index (χ2v) is 9.56. The van der Waals surface area contributed by atoms with Crippen molar-refractivity contribution in [3.05, 3.63) is 56.8 Å². The molecule has 9 nitrogen and oxygen atoms in total. The van der Waals surface area contributed by atoms with Crippen molar-refractivity contribution < 1.29 is 23.7 Å². The maximum Gasteiger partial charge on any atom is 0.325 e. The third-order valence-corrected chi connectivity index (χ3v) is 6.68. The summed E-state index contributed by atoms with van der Waals surface area (Å²) >= 11 is 4.80. The summed E-state index contributed by atoms with van der Waals surface area (Å²) < 4.78 is 13.8. The first-order chi connectivity index (χ1) is 17.3. The molecule has 3 aromatic rings. The molecule has 1 amide bonds. The molecule has 0 spiro atoms. The molecule has 0 fully saturated rings. The minimum absolute atomic E-state index is 0.143. The zero-order valence-electron chi connectivity index (χ0n) is 20.3. The number of benzene rings is 2. The van der Waals surface area contributed by atoms with Gasteiger partial charge in [0.25, 0.3) is 6.17 Å². The van der Waals surface area contributed by atoms with E-state index in [-0.39, 0.29) is 30.1 Å². The SMILES string of the molecule is CCOc1cc(Br)cc([C@H]2N(C(=O)CC)c3ccccc3-c3c(=O)[nH]c(SC)n[n+]32)c1OC(=O)CC. The van der Waals surface area contributed by atoms with E-state index in [1.165, 1.54) is 16.4 Å². The van der Waals surface area contributed by atoms with E-state index in [1.54, 1.807) is 55.3 Å². The number of aromatic nitrogens is 3. The Bertz CT molecular complexity index is 1390. The standard InChI is InChI=1S/C25H25BrN4O5S/c1-5-19(31)29-17-11-9-8-10-15(17)21-23(33)27-25(36-4)28-30(21)24(29)16-12-14(26)13-18(34-7-3)22(16)35-20(32)6-2/h8-13,24H,5-7H2,1-4H3/p+1/t24-/m0/s1. The van der Waals surface area contributed by atoms with E-state index in [4.69, 9.17) is 14.6 Å². The summed E-state index contributed by atoms with van der Waals surface area (Å²) in [6.45, 7) is 5.62. The average Bonchev–Trinajstić information content (AvgIpc) is 2.88. The van der Waals surface area contributed by atoms with Gasteiger partial charge in [0.05, 0.1) is 23.4 Å². The predicted octanol–water partition coefficient (Wildman–Crippen LogP) is 4.23. The van der Waals surface area contributed by atoms with Crippen LogP contribution in [0, 0.1) is 0 Å². The number of carbonyl (C=O) groups excluding carboxylic acids is 2. The number of esters is 1. The minimum Gasteiger partial charge on any atom is -0.490 e. The predicted molar refractivity (Wildman–Crippen MR) is 139 cm³/mol. The molecule has 0 saturated heterocycles. The zero-order chi connectivity index (χ0) is 26.0. The van der Waals surface area contributed by atoms with Crippen LogP contribution in [0.1, 0.15) is 45.3 Å². The number of thioether (sulfide) groups is 1. The summed E-state index contributed by atoms with van der Waals surface area (Å²) in [6, 6.07) is 10.7. The second kappa shape index (κ2) is 10.8. The summed E-state index contributed by atoms with van der Waals surface area (Å²) in [7, 11) is 0. The molecule has 1 atom stereocenters. The number of nitrogens with one attached hydrogen (secondary N) is 1. The Kier molecular flexibility index (Phi) is 7.79. The smallest absolute Gasteiger partial charge is 0.325 e. The number of hydrogen-bond donors (Lipinski definition) is 1. The molecular weight excluding hydrogens is 548 g/mol. The van der Waals surface area contributed by atoms with Crippen molar-refractivity contribution in [2.24, 2.45) is 0 Å². The number of ether oxygens (including phenoxy) is 2. The molecule has 0 aliphatic carbocycles. The monoisotopic (exact) mass is 573 g/mol. The lowest BCUT2D eigenvalue weighted by molar-refractivity contribution is -0.763. The van der Waals surface area contributed by atoms with E-state index in [0.29, 0.717) is 44.5 Å². The highest BCUT2D eigenvalue weighted by molar-refractivity contribution is 9.10. The lowest BCUT2D eigenvalue weighted by Gasteiger charge is -2.32. The van der Waals surface area contributed by atoms with Crippen LogP contribution in [0.4, 0.5) is 5.69 Å². The van der Waals surface area contributed by atoms with E-state index in [2.05, 4.69) is 20.9 Å². The van der Waals surface area contributed by atoms with Gasteiger partial charge in [-0.1, -0.05) is 53.7 Å². The molecule has 11 heteroatoms. The van der Waals surface area contributed by atoms with Crippen molar-refractivity contribution in [2.75, 3.05) is 17.8 Å². The van der Waals surface area contributed by atoms with Crippen LogP contribution < -0.4 is 24.6 Å². The lowest BCUT2D eigenvalue weighted by Crippen LogP contribution is -2.61. The lowest BCUT2D eigenvalue weighted by atomic mass is 10.00. The number of anilines is 1. The Morgan fingerprint density at radius 3 is 2.61 bits per heavy atom. The fourth-order valence-electron chi connectivity index (χ4n) is 4.12. The summed E-state index contributed by atoms with van der Waals surface area (Å²) in [5.74, 6) is -0.137. The highest BCUT2D eigenvalue weighted by atomic mass is 79.9. The Hall–Kier alpha value is -3.18. The first-order valence-electron chi connectivity index (χ1n) is 11.5. The number of amides is 1. The molecule has 0 bridgehead atoms. The number of halogens is 1. The molecule has 1 aliphatic heterocycles. The molecule has 1 aliphatic rings. The van der Waals surface area contributed by atoms with E-state index >= 15 is 0 Å². The van der Waals surface area contributed by atoms with Gasteiger partial charge in [0.1, 0.15) is 0 Å². The number of H-pyrrole nitrogens is 1. The third-order valence-electron chi connectivity index (χ3n) is 5.65. The van der Waals surface area contributed by atoms with Gasteiger partial charge in [0, 0.05) is 22.4 Å². The van der Waals surface area contributed by atoms with Gasteiger partial charge in [-0.2, -0.15) is 0 Å². The van der Waals surface area contributed by atoms with E-state index in [0.717, 1.165) is 0 Å². The van der Waals surface area contributed by atoms with Crippen molar-refractivity contribution in [3.8, 4) is 22.8 Å². The Balaban J connectivity index is 2.13. The summed E-state index contributed by atoms with van der Waals surface area (Å²) in [6.07, 6.45) is 1.22. The zero-order valence-corrected chi connectivity index (χ0v) is 22.7. The molecule has 188 valence electrons. The van der Waals surface area contributed by atoms with Crippen LogP contribution in [-0.4, -0.2) is 34.8 Å². The van der Waals surface area contributed by atoms with E-state index in [1.807, 2.05) is 13.0 Å². The number of para-hydroxylation sites is 1. The number of carbonyl (C=O) groups is 2. The number of fused-ring (bicyclic) bond motifs is 3. The fraction of sp³-hybridized carbons (Fsp3) is 0.320. The molecule has 2 aromatic carbocycles. The minimum atomic E-state index is -0.924. The molecule has 1 N–H and O–H groups in total. The first kappa shape index (κ1) is 25.9. The van der Waals surface area contributed by atoms with Crippen LogP contribution >= 0.6 is 27.7 Å². The Labute approximate surface area is 220 Å². The van der Waals surface area contributed by atoms with Crippen molar-refractivity contribution in [2.45, 2.75) is 44.9 Å². The van der Waals surface area contributed by atoms with Gasteiger partial charge < -0.3 is 9.47 Å². The topological polar surface area (TPSA) is 105 Å². The van der Waals surface area contributed by atoms with Crippen LogP contribution in [-0.2, 0) is 9.59 Å². The maximum absolute atomic E-state index is 13.5. The summed E-state index contributed by atoms with van der Waals surface area (Å²) in [5.41, 5.74) is 1.53. The molecule has 0 radical (unpaired) electrons. The number of hydrogen-bond acceptors (Lipinski definition) is 7. The van der Waals surface area contributed by atoms with Crippen molar-refractivity contribution in [3.63, 3.8) is 0 Å². The molecular formula is C25H26BrN4O5S+. The second-order valence-electron chi connectivity index (χ2n) is 7.85. The third kappa shape index (κ3) is 4.64. The van der Waals surface area contributed by atoms with Crippen LogP contribution in [0.3, 0.4) is 0 Å². The van der Waals surface area contributed by atoms with Crippen molar-refractivity contribution >= 4 is 45.3 Å². The van der Waals surface area contributed by atoms with Crippen molar-refractivity contribution in [1.29, 1.82) is 0 Å². The van der Waals surface area contributed by atoms with E-state index < -0.39 is 12.1 Å². The van der Waals surface area contributed by atoms with Crippen molar-refractivity contribution in [1.82, 2.24) is 10.1 Å². The van der Waals surface area contributed by atoms with Gasteiger partial charge in [-0.25, -0.2) is 4.90 Å². The van der Waals surface area contributed by atoms with Gasteiger partial charge in [0.15, 0.2) is 11.5 Å². The number of rotatable bonds is 7. The first-order valence-corrected chi connectivity index (χ1v) is 13.5. The Morgan fingerprint density at radius 2 is 1.94 bits per heavy atom. The van der Waals surface area contributed by atoms with Gasteiger partial charge in [-0.3, -0.25) is 19.4 Å². The summed E-state index contributed by atoms with van der Waals surface area (Å²) in [4.78, 5) is 43.7. The van der Waals surface area contributed by atoms with Crippen LogP contribution in [0.15, 0.2) is 50.8 Å². The van der Waals surface area contributed by atoms with Crippen LogP contribution in [0.25, 0.3) is 11.3 Å². The normalized spacial score (nSPS) is 14.1. The molecule has 1 aromatic heterocycles.